The Morgan fingerprint density at radius 1 is 1.32 bits per heavy atom. The Hall–Kier alpha value is -1.81. The number of hydrogen-bond donors (Lipinski definition) is 0. The minimum absolute atomic E-state index is 0.274. The summed E-state index contributed by atoms with van der Waals surface area (Å²) in [5.41, 5.74) is 1.46. The van der Waals surface area contributed by atoms with Gasteiger partial charge in [-0.2, -0.15) is 0 Å². The van der Waals surface area contributed by atoms with Crippen molar-refractivity contribution < 1.29 is 8.81 Å². The maximum Gasteiger partial charge on any atom is 0.125 e. The molecule has 3 aromatic rings. The average Bonchev–Trinajstić information content (AvgIpc) is 2.94. The maximum atomic E-state index is 13.4. The zero-order chi connectivity index (χ0) is 13.4. The summed E-state index contributed by atoms with van der Waals surface area (Å²) in [4.78, 5) is 4.40. The Morgan fingerprint density at radius 2 is 2.16 bits per heavy atom. The van der Waals surface area contributed by atoms with Crippen molar-refractivity contribution in [1.82, 2.24) is 9.55 Å². The van der Waals surface area contributed by atoms with Crippen LogP contribution in [0.5, 0.6) is 0 Å². The number of alkyl halides is 1. The van der Waals surface area contributed by atoms with E-state index in [1.165, 1.54) is 12.1 Å². The van der Waals surface area contributed by atoms with Crippen LogP contribution in [0.3, 0.4) is 0 Å². The molecule has 0 saturated heterocycles. The van der Waals surface area contributed by atoms with Gasteiger partial charge < -0.3 is 8.98 Å². The van der Waals surface area contributed by atoms with Crippen molar-refractivity contribution in [3.05, 3.63) is 53.5 Å². The number of aryl methyl sites for hydroxylation is 1. The molecule has 3 rings (SSSR count). The van der Waals surface area contributed by atoms with Crippen LogP contribution in [-0.4, -0.2) is 9.55 Å². The van der Waals surface area contributed by atoms with Crippen molar-refractivity contribution in [1.29, 1.82) is 0 Å². The van der Waals surface area contributed by atoms with Crippen LogP contribution < -0.4 is 0 Å². The van der Waals surface area contributed by atoms with Crippen molar-refractivity contribution in [3.63, 3.8) is 0 Å². The van der Waals surface area contributed by atoms with Gasteiger partial charge in [0.15, 0.2) is 0 Å². The molecule has 0 N–H and O–H groups in total. The Bertz CT molecular complexity index is 732. The van der Waals surface area contributed by atoms with Gasteiger partial charge in [0.25, 0.3) is 0 Å². The lowest BCUT2D eigenvalue weighted by Gasteiger charge is -2.05. The molecule has 2 heterocycles. The normalized spacial score (nSPS) is 11.3. The second-order valence-electron chi connectivity index (χ2n) is 4.39. The fourth-order valence-electron chi connectivity index (χ4n) is 2.15. The Labute approximate surface area is 114 Å². The molecule has 19 heavy (non-hydrogen) atoms. The first-order valence-electron chi connectivity index (χ1n) is 5.93. The first-order valence-corrected chi connectivity index (χ1v) is 6.47. The van der Waals surface area contributed by atoms with Gasteiger partial charge in [0, 0.05) is 0 Å². The minimum atomic E-state index is -0.287. The highest BCUT2D eigenvalue weighted by atomic mass is 35.5. The number of benzene rings is 1. The molecule has 0 bridgehead atoms. The summed E-state index contributed by atoms with van der Waals surface area (Å²) in [7, 11) is 0. The molecule has 2 aromatic heterocycles. The topological polar surface area (TPSA) is 31.0 Å². The third-order valence-electron chi connectivity index (χ3n) is 3.02. The summed E-state index contributed by atoms with van der Waals surface area (Å²) in [5.74, 6) is 2.34. The third-order valence-corrected chi connectivity index (χ3v) is 3.26. The molecule has 0 aliphatic rings. The van der Waals surface area contributed by atoms with E-state index in [-0.39, 0.29) is 11.7 Å². The molecular formula is C14H12ClFN2O. The molecule has 0 radical (unpaired) electrons. The molecule has 0 fully saturated rings. The lowest BCUT2D eigenvalue weighted by atomic mass is 10.3. The largest absolute Gasteiger partial charge is 0.464 e. The number of rotatable bonds is 3. The molecule has 0 aliphatic heterocycles. The van der Waals surface area contributed by atoms with Gasteiger partial charge in [-0.15, -0.1) is 11.6 Å². The van der Waals surface area contributed by atoms with Crippen LogP contribution in [-0.2, 0) is 12.4 Å². The highest BCUT2D eigenvalue weighted by molar-refractivity contribution is 6.16. The summed E-state index contributed by atoms with van der Waals surface area (Å²) in [6.07, 6.45) is 0. The van der Waals surface area contributed by atoms with Gasteiger partial charge >= 0.3 is 0 Å². The molecule has 98 valence electrons. The van der Waals surface area contributed by atoms with Crippen LogP contribution in [0.4, 0.5) is 4.39 Å². The van der Waals surface area contributed by atoms with Crippen molar-refractivity contribution in [2.45, 2.75) is 19.3 Å². The summed E-state index contributed by atoms with van der Waals surface area (Å²) in [6, 6.07) is 8.32. The van der Waals surface area contributed by atoms with E-state index >= 15 is 0 Å². The number of aromatic nitrogens is 2. The number of furan rings is 1. The quantitative estimate of drug-likeness (QED) is 0.681. The van der Waals surface area contributed by atoms with E-state index < -0.39 is 0 Å². The monoisotopic (exact) mass is 278 g/mol. The van der Waals surface area contributed by atoms with Gasteiger partial charge in [-0.1, -0.05) is 0 Å². The van der Waals surface area contributed by atoms with Gasteiger partial charge in [-0.3, -0.25) is 0 Å². The van der Waals surface area contributed by atoms with Crippen LogP contribution in [0.15, 0.2) is 34.7 Å². The first kappa shape index (κ1) is 12.2. The SMILES string of the molecule is Cc1ccc(Cn2c(CCl)nc3ccc(F)cc32)o1. The second-order valence-corrected chi connectivity index (χ2v) is 4.66. The van der Waals surface area contributed by atoms with Crippen LogP contribution in [0.1, 0.15) is 17.3 Å². The van der Waals surface area contributed by atoms with Crippen LogP contribution in [0.2, 0.25) is 0 Å². The molecule has 0 unspecified atom stereocenters. The summed E-state index contributed by atoms with van der Waals surface area (Å²) in [6.45, 7) is 2.38. The fraction of sp³-hybridized carbons (Fsp3) is 0.214. The molecule has 0 aliphatic carbocycles. The Kier molecular flexibility index (Phi) is 3.03. The first-order chi connectivity index (χ1) is 9.17. The van der Waals surface area contributed by atoms with Gasteiger partial charge in [0.2, 0.25) is 0 Å². The molecular weight excluding hydrogens is 267 g/mol. The number of imidazole rings is 1. The maximum absolute atomic E-state index is 13.4. The van der Waals surface area contributed by atoms with E-state index in [0.29, 0.717) is 12.4 Å². The smallest absolute Gasteiger partial charge is 0.125 e. The van der Waals surface area contributed by atoms with E-state index in [9.17, 15) is 4.39 Å². The molecule has 0 spiro atoms. The molecule has 5 heteroatoms. The lowest BCUT2D eigenvalue weighted by Crippen LogP contribution is -2.03. The number of halogens is 2. The highest BCUT2D eigenvalue weighted by Gasteiger charge is 2.12. The standard InChI is InChI=1S/C14H12ClFN2O/c1-9-2-4-11(19-9)8-18-13-6-10(16)3-5-12(13)17-14(18)7-15/h2-6H,7-8H2,1H3. The predicted octanol–water partition coefficient (Wildman–Crippen LogP) is 3.86. The molecule has 0 atom stereocenters. The Morgan fingerprint density at radius 3 is 2.84 bits per heavy atom. The zero-order valence-electron chi connectivity index (χ0n) is 10.4. The number of nitrogens with zero attached hydrogens (tertiary/aromatic N) is 2. The zero-order valence-corrected chi connectivity index (χ0v) is 11.1. The summed E-state index contributed by atoms with van der Waals surface area (Å²) >= 11 is 5.91. The van der Waals surface area contributed by atoms with E-state index in [0.717, 1.165) is 22.6 Å². The van der Waals surface area contributed by atoms with Gasteiger partial charge in [0.05, 0.1) is 23.5 Å². The second kappa shape index (κ2) is 4.70. The van der Waals surface area contributed by atoms with Crippen LogP contribution >= 0.6 is 11.6 Å². The van der Waals surface area contributed by atoms with Gasteiger partial charge in [0.1, 0.15) is 23.2 Å². The van der Waals surface area contributed by atoms with E-state index in [1.807, 2.05) is 23.6 Å². The van der Waals surface area contributed by atoms with E-state index in [1.54, 1.807) is 6.07 Å². The minimum Gasteiger partial charge on any atom is -0.464 e. The van der Waals surface area contributed by atoms with Crippen molar-refractivity contribution in [3.8, 4) is 0 Å². The molecule has 1 aromatic carbocycles. The van der Waals surface area contributed by atoms with Gasteiger partial charge in [-0.25, -0.2) is 9.37 Å². The third kappa shape index (κ3) is 2.24. The number of hydrogen-bond acceptors (Lipinski definition) is 2. The fourth-order valence-corrected chi connectivity index (χ4v) is 2.35. The molecule has 3 nitrogen and oxygen atoms in total. The highest BCUT2D eigenvalue weighted by Crippen LogP contribution is 2.21. The van der Waals surface area contributed by atoms with Crippen LogP contribution in [0.25, 0.3) is 11.0 Å². The lowest BCUT2D eigenvalue weighted by molar-refractivity contribution is 0.470. The molecule has 0 amide bonds. The Balaban J connectivity index is 2.12. The van der Waals surface area contributed by atoms with E-state index in [2.05, 4.69) is 4.98 Å². The van der Waals surface area contributed by atoms with Crippen molar-refractivity contribution in [2.75, 3.05) is 0 Å². The van der Waals surface area contributed by atoms with Gasteiger partial charge in [-0.05, 0) is 37.3 Å². The van der Waals surface area contributed by atoms with Crippen molar-refractivity contribution in [2.24, 2.45) is 0 Å². The number of fused-ring (bicyclic) bond motifs is 1. The summed E-state index contributed by atoms with van der Waals surface area (Å²) in [5, 5.41) is 0. The summed E-state index contributed by atoms with van der Waals surface area (Å²) < 4.78 is 20.8. The van der Waals surface area contributed by atoms with Crippen molar-refractivity contribution >= 4 is 22.6 Å². The average molecular weight is 279 g/mol. The van der Waals surface area contributed by atoms with Crippen LogP contribution in [0, 0.1) is 12.7 Å². The van der Waals surface area contributed by atoms with E-state index in [4.69, 9.17) is 16.0 Å². The molecule has 0 saturated carbocycles. The predicted molar refractivity (Wildman–Crippen MR) is 71.8 cm³/mol.